The molecule has 0 N–H and O–H groups in total. The van der Waals surface area contributed by atoms with E-state index in [4.69, 9.17) is 9.15 Å². The van der Waals surface area contributed by atoms with Crippen molar-refractivity contribution in [1.29, 1.82) is 0 Å². The molecule has 0 saturated carbocycles. The summed E-state index contributed by atoms with van der Waals surface area (Å²) >= 11 is 0. The number of nitrogens with zero attached hydrogens (tertiary/aromatic N) is 3. The summed E-state index contributed by atoms with van der Waals surface area (Å²) in [5.74, 6) is 0.800. The van der Waals surface area contributed by atoms with Crippen LogP contribution in [0, 0.1) is 0 Å². The number of hydrogen-bond acceptors (Lipinski definition) is 5. The molecule has 2 aromatic heterocycles. The maximum Gasteiger partial charge on any atom is 0.253 e. The number of oxazole rings is 1. The first-order chi connectivity index (χ1) is 14.2. The molecule has 0 atom stereocenters. The maximum atomic E-state index is 12.9. The average molecular weight is 393 g/mol. The summed E-state index contributed by atoms with van der Waals surface area (Å²) in [6.07, 6.45) is 8.45. The number of carbonyl (C=O) groups excluding carboxylic acids is 1. The highest BCUT2D eigenvalue weighted by Crippen LogP contribution is 2.22. The third-order valence-corrected chi connectivity index (χ3v) is 5.36. The molecule has 0 spiro atoms. The lowest BCUT2D eigenvalue weighted by Gasteiger charge is -2.32. The fourth-order valence-electron chi connectivity index (χ4n) is 3.65. The van der Waals surface area contributed by atoms with Gasteiger partial charge in [0.15, 0.2) is 11.5 Å². The summed E-state index contributed by atoms with van der Waals surface area (Å²) in [6.45, 7) is 4.12. The fourth-order valence-corrected chi connectivity index (χ4v) is 3.65. The zero-order chi connectivity index (χ0) is 20.1. The zero-order valence-electron chi connectivity index (χ0n) is 16.8. The molecule has 1 aliphatic rings. The van der Waals surface area contributed by atoms with Gasteiger partial charge in [-0.3, -0.25) is 9.78 Å². The molecule has 1 aliphatic heterocycles. The summed E-state index contributed by atoms with van der Waals surface area (Å²) in [5, 5.41) is 0. The Morgan fingerprint density at radius 2 is 2.14 bits per heavy atom. The lowest BCUT2D eigenvalue weighted by atomic mass is 10.1. The molecule has 1 amide bonds. The minimum absolute atomic E-state index is 0.0516. The number of fused-ring (bicyclic) bond motifs is 1. The predicted octanol–water partition coefficient (Wildman–Crippen LogP) is 4.39. The summed E-state index contributed by atoms with van der Waals surface area (Å²) in [6, 6.07) is 9.47. The molecule has 3 aromatic rings. The first-order valence-electron chi connectivity index (χ1n) is 10.4. The van der Waals surface area contributed by atoms with Gasteiger partial charge in [0.2, 0.25) is 0 Å². The second-order valence-electron chi connectivity index (χ2n) is 7.56. The van der Waals surface area contributed by atoms with Crippen LogP contribution in [0.3, 0.4) is 0 Å². The van der Waals surface area contributed by atoms with Crippen molar-refractivity contribution in [3.63, 3.8) is 0 Å². The van der Waals surface area contributed by atoms with Crippen molar-refractivity contribution in [2.45, 2.75) is 51.7 Å². The molecule has 0 radical (unpaired) electrons. The van der Waals surface area contributed by atoms with Crippen LogP contribution in [0.1, 0.15) is 54.4 Å². The molecular weight excluding hydrogens is 366 g/mol. The number of carbonyl (C=O) groups is 1. The number of unbranched alkanes of at least 4 members (excludes halogenated alkanes) is 1. The van der Waals surface area contributed by atoms with Crippen molar-refractivity contribution in [1.82, 2.24) is 14.9 Å². The Morgan fingerprint density at radius 3 is 2.90 bits per heavy atom. The number of benzene rings is 1. The number of likely N-dealkylation sites (tertiary alicyclic amines) is 1. The molecule has 4 rings (SSSR count). The molecule has 1 fully saturated rings. The second kappa shape index (κ2) is 9.18. The molecule has 6 heteroatoms. The molecule has 0 bridgehead atoms. The lowest BCUT2D eigenvalue weighted by Crippen LogP contribution is -2.40. The van der Waals surface area contributed by atoms with E-state index in [0.717, 1.165) is 54.7 Å². The van der Waals surface area contributed by atoms with E-state index in [9.17, 15) is 4.79 Å². The summed E-state index contributed by atoms with van der Waals surface area (Å²) < 4.78 is 11.8. The van der Waals surface area contributed by atoms with Gasteiger partial charge in [-0.05, 0) is 49.1 Å². The van der Waals surface area contributed by atoms with Crippen molar-refractivity contribution >= 4 is 17.0 Å². The van der Waals surface area contributed by atoms with Crippen LogP contribution in [0.5, 0.6) is 0 Å². The Hall–Kier alpha value is -2.73. The van der Waals surface area contributed by atoms with Crippen molar-refractivity contribution in [3.05, 3.63) is 59.7 Å². The summed E-state index contributed by atoms with van der Waals surface area (Å²) in [5.41, 5.74) is 3.25. The SMILES string of the molecule is CCCCc1nc2cc(C(=O)N3CCC(OCc4cccnc4)CC3)ccc2o1. The van der Waals surface area contributed by atoms with Gasteiger partial charge in [0.05, 0.1) is 12.7 Å². The Kier molecular flexibility index (Phi) is 6.20. The number of hydrogen-bond donors (Lipinski definition) is 0. The van der Waals surface area contributed by atoms with Crippen LogP contribution >= 0.6 is 0 Å². The highest BCUT2D eigenvalue weighted by Gasteiger charge is 2.24. The van der Waals surface area contributed by atoms with Crippen LogP contribution < -0.4 is 0 Å². The molecule has 1 aromatic carbocycles. The minimum Gasteiger partial charge on any atom is -0.441 e. The van der Waals surface area contributed by atoms with Crippen LogP contribution in [-0.2, 0) is 17.8 Å². The van der Waals surface area contributed by atoms with Crippen molar-refractivity contribution in [2.24, 2.45) is 0 Å². The third-order valence-electron chi connectivity index (χ3n) is 5.36. The fraction of sp³-hybridized carbons (Fsp3) is 0.435. The van der Waals surface area contributed by atoms with Crippen LogP contribution in [0.25, 0.3) is 11.1 Å². The quantitative estimate of drug-likeness (QED) is 0.596. The highest BCUT2D eigenvalue weighted by molar-refractivity contribution is 5.97. The number of aryl methyl sites for hydroxylation is 1. The standard InChI is InChI=1S/C23H27N3O3/c1-2-3-6-22-25-20-14-18(7-8-21(20)29-22)23(27)26-12-9-19(10-13-26)28-16-17-5-4-11-24-15-17/h4-5,7-8,11,14-15,19H,2-3,6,9-10,12-13,16H2,1H3. The lowest BCUT2D eigenvalue weighted by molar-refractivity contribution is -0.000465. The van der Waals surface area contributed by atoms with E-state index in [0.29, 0.717) is 25.3 Å². The van der Waals surface area contributed by atoms with Gasteiger partial charge < -0.3 is 14.1 Å². The van der Waals surface area contributed by atoms with Crippen LogP contribution in [0.2, 0.25) is 0 Å². The Labute approximate surface area is 170 Å². The normalized spacial score (nSPS) is 15.1. The maximum absolute atomic E-state index is 12.9. The van der Waals surface area contributed by atoms with E-state index in [1.165, 1.54) is 0 Å². The van der Waals surface area contributed by atoms with E-state index in [2.05, 4.69) is 16.9 Å². The van der Waals surface area contributed by atoms with Crippen LogP contribution in [0.4, 0.5) is 0 Å². The number of aromatic nitrogens is 2. The van der Waals surface area contributed by atoms with Crippen molar-refractivity contribution in [2.75, 3.05) is 13.1 Å². The largest absolute Gasteiger partial charge is 0.441 e. The average Bonchev–Trinajstić information content (AvgIpc) is 3.19. The Balaban J connectivity index is 1.33. The molecular formula is C23H27N3O3. The summed E-state index contributed by atoms with van der Waals surface area (Å²) in [7, 11) is 0. The summed E-state index contributed by atoms with van der Waals surface area (Å²) in [4.78, 5) is 23.5. The topological polar surface area (TPSA) is 68.5 Å². The molecule has 0 unspecified atom stereocenters. The van der Waals surface area contributed by atoms with E-state index in [-0.39, 0.29) is 12.0 Å². The monoisotopic (exact) mass is 393 g/mol. The van der Waals surface area contributed by atoms with Gasteiger partial charge in [-0.2, -0.15) is 0 Å². The number of ether oxygens (including phenoxy) is 1. The number of rotatable bonds is 7. The van der Waals surface area contributed by atoms with Gasteiger partial charge in [0, 0.05) is 37.5 Å². The van der Waals surface area contributed by atoms with Gasteiger partial charge in [0.1, 0.15) is 5.52 Å². The molecule has 6 nitrogen and oxygen atoms in total. The predicted molar refractivity (Wildman–Crippen MR) is 111 cm³/mol. The van der Waals surface area contributed by atoms with E-state index >= 15 is 0 Å². The van der Waals surface area contributed by atoms with E-state index < -0.39 is 0 Å². The van der Waals surface area contributed by atoms with Gasteiger partial charge in [-0.15, -0.1) is 0 Å². The number of pyridine rings is 1. The minimum atomic E-state index is 0.0516. The molecule has 0 aliphatic carbocycles. The Bertz CT molecular complexity index is 946. The zero-order valence-corrected chi connectivity index (χ0v) is 16.8. The Morgan fingerprint density at radius 1 is 1.28 bits per heavy atom. The van der Waals surface area contributed by atoms with Gasteiger partial charge in [0.25, 0.3) is 5.91 Å². The molecule has 1 saturated heterocycles. The van der Waals surface area contributed by atoms with E-state index in [1.807, 2.05) is 41.4 Å². The van der Waals surface area contributed by atoms with E-state index in [1.54, 1.807) is 6.20 Å². The van der Waals surface area contributed by atoms with Gasteiger partial charge in [-0.25, -0.2) is 4.98 Å². The first kappa shape index (κ1) is 19.6. The number of piperidine rings is 1. The molecule has 29 heavy (non-hydrogen) atoms. The van der Waals surface area contributed by atoms with Crippen LogP contribution in [0.15, 0.2) is 47.1 Å². The highest BCUT2D eigenvalue weighted by atomic mass is 16.5. The third kappa shape index (κ3) is 4.82. The molecule has 152 valence electrons. The van der Waals surface area contributed by atoms with Crippen molar-refractivity contribution in [3.8, 4) is 0 Å². The second-order valence-corrected chi connectivity index (χ2v) is 7.56. The van der Waals surface area contributed by atoms with Crippen LogP contribution in [-0.4, -0.2) is 40.0 Å². The van der Waals surface area contributed by atoms with Gasteiger partial charge >= 0.3 is 0 Å². The number of amides is 1. The van der Waals surface area contributed by atoms with Crippen molar-refractivity contribution < 1.29 is 13.9 Å². The molecule has 3 heterocycles. The smallest absolute Gasteiger partial charge is 0.253 e. The first-order valence-corrected chi connectivity index (χ1v) is 10.4. The van der Waals surface area contributed by atoms with Gasteiger partial charge in [-0.1, -0.05) is 19.4 Å².